The normalized spacial score (nSPS) is 11.4. The summed E-state index contributed by atoms with van der Waals surface area (Å²) in [5, 5.41) is 3.72. The van der Waals surface area contributed by atoms with Crippen LogP contribution in [0, 0.1) is 0 Å². The molecule has 29 heavy (non-hydrogen) atoms. The highest BCUT2D eigenvalue weighted by molar-refractivity contribution is 7.99. The Morgan fingerprint density at radius 3 is 2.24 bits per heavy atom. The third-order valence-electron chi connectivity index (χ3n) is 4.60. The van der Waals surface area contributed by atoms with Crippen LogP contribution in [0.4, 0.5) is 0 Å². The molecule has 2 aromatic heterocycles. The fourth-order valence-electron chi connectivity index (χ4n) is 3.38. The van der Waals surface area contributed by atoms with E-state index in [1.165, 1.54) is 11.8 Å². The van der Waals surface area contributed by atoms with Gasteiger partial charge in [0.25, 0.3) is 0 Å². The molecule has 0 radical (unpaired) electrons. The number of aromatic nitrogens is 3. The van der Waals surface area contributed by atoms with Gasteiger partial charge in [-0.3, -0.25) is 4.57 Å². The summed E-state index contributed by atoms with van der Waals surface area (Å²) in [5.74, 6) is 0.618. The fraction of sp³-hybridized carbons (Fsp3) is 0. The first-order chi connectivity index (χ1) is 14.1. The third-order valence-corrected chi connectivity index (χ3v) is 6.86. The van der Waals surface area contributed by atoms with Crippen LogP contribution >= 0.6 is 46.6 Å². The van der Waals surface area contributed by atoms with E-state index in [2.05, 4.69) is 38.8 Å². The van der Waals surface area contributed by atoms with Gasteiger partial charge in [0.15, 0.2) is 0 Å². The number of para-hydroxylation sites is 2. The fourth-order valence-corrected chi connectivity index (χ4v) is 5.13. The van der Waals surface area contributed by atoms with E-state index in [1.807, 2.05) is 24.3 Å². The van der Waals surface area contributed by atoms with Crippen molar-refractivity contribution < 1.29 is 0 Å². The van der Waals surface area contributed by atoms with E-state index in [0.29, 0.717) is 21.0 Å². The van der Waals surface area contributed by atoms with Crippen LogP contribution in [0.15, 0.2) is 82.8 Å². The average molecular weight is 457 g/mol. The van der Waals surface area contributed by atoms with Gasteiger partial charge < -0.3 is 0 Å². The van der Waals surface area contributed by atoms with Gasteiger partial charge in [-0.05, 0) is 30.3 Å². The van der Waals surface area contributed by atoms with Crippen molar-refractivity contribution in [3.63, 3.8) is 0 Å². The van der Waals surface area contributed by atoms with Gasteiger partial charge in [0, 0.05) is 33.0 Å². The summed E-state index contributed by atoms with van der Waals surface area (Å²) < 4.78 is 2.08. The molecule has 0 fully saturated rings. The van der Waals surface area contributed by atoms with Crippen LogP contribution < -0.4 is 0 Å². The zero-order valence-corrected chi connectivity index (χ0v) is 17.9. The molecule has 0 amide bonds. The monoisotopic (exact) mass is 455 g/mol. The molecule has 7 heteroatoms. The summed E-state index contributed by atoms with van der Waals surface area (Å²) >= 11 is 20.3. The molecule has 0 unspecified atom stereocenters. The van der Waals surface area contributed by atoms with Crippen molar-refractivity contribution in [2.45, 2.75) is 9.79 Å². The van der Waals surface area contributed by atoms with Crippen molar-refractivity contribution in [2.24, 2.45) is 0 Å². The maximum absolute atomic E-state index is 6.44. The second-order valence-corrected chi connectivity index (χ2v) is 8.66. The molecule has 5 aromatic rings. The van der Waals surface area contributed by atoms with Crippen molar-refractivity contribution in [1.29, 1.82) is 0 Å². The van der Waals surface area contributed by atoms with Gasteiger partial charge in [0.1, 0.15) is 0 Å². The Balaban J connectivity index is 1.81. The lowest BCUT2D eigenvalue weighted by molar-refractivity contribution is 0.981. The van der Waals surface area contributed by atoms with Crippen molar-refractivity contribution in [3.8, 4) is 5.95 Å². The lowest BCUT2D eigenvalue weighted by atomic mass is 10.1. The Hall–Kier alpha value is -2.24. The van der Waals surface area contributed by atoms with Crippen LogP contribution in [0.25, 0.3) is 27.8 Å². The van der Waals surface area contributed by atoms with Gasteiger partial charge in [-0.15, -0.1) is 0 Å². The zero-order chi connectivity index (χ0) is 20.0. The Bertz CT molecular complexity index is 1370. The second-order valence-electron chi connectivity index (χ2n) is 6.35. The van der Waals surface area contributed by atoms with E-state index in [1.54, 1.807) is 24.5 Å². The molecule has 0 spiro atoms. The predicted molar refractivity (Wildman–Crippen MR) is 122 cm³/mol. The minimum atomic E-state index is 0.436. The number of halogens is 3. The first kappa shape index (κ1) is 18.8. The maximum atomic E-state index is 6.44. The highest BCUT2D eigenvalue weighted by atomic mass is 35.5. The Morgan fingerprint density at radius 2 is 1.41 bits per heavy atom. The molecule has 0 N–H and O–H groups in total. The van der Waals surface area contributed by atoms with Crippen LogP contribution in [-0.2, 0) is 0 Å². The Morgan fingerprint density at radius 1 is 0.690 bits per heavy atom. The SMILES string of the molecule is Clc1cc(Cl)c(Sc2cccc3c4ccccc4n(-c4ncccn4)c23)cc1Cl. The lowest BCUT2D eigenvalue weighted by Crippen LogP contribution is -2.00. The second kappa shape index (κ2) is 7.54. The van der Waals surface area contributed by atoms with E-state index in [-0.39, 0.29) is 0 Å². The molecule has 0 atom stereocenters. The Kier molecular flexibility index (Phi) is 4.88. The number of hydrogen-bond donors (Lipinski definition) is 0. The molecular formula is C22H12Cl3N3S. The first-order valence-electron chi connectivity index (χ1n) is 8.75. The molecule has 2 heterocycles. The number of rotatable bonds is 3. The number of fused-ring (bicyclic) bond motifs is 3. The zero-order valence-electron chi connectivity index (χ0n) is 14.8. The standard InChI is InChI=1S/C22H12Cl3N3S/c23-15-11-17(25)20(12-16(15)24)29-19-8-3-6-14-13-5-1-2-7-18(13)28(21(14)19)22-26-9-4-10-27-22/h1-12H. The molecule has 142 valence electrons. The van der Waals surface area contributed by atoms with E-state index in [0.717, 1.165) is 31.6 Å². The summed E-state index contributed by atoms with van der Waals surface area (Å²) in [6, 6.07) is 19.7. The van der Waals surface area contributed by atoms with E-state index >= 15 is 0 Å². The largest absolute Gasteiger partial charge is 0.277 e. The smallest absolute Gasteiger partial charge is 0.234 e. The van der Waals surface area contributed by atoms with Gasteiger partial charge in [-0.2, -0.15) is 0 Å². The molecule has 0 saturated carbocycles. The van der Waals surface area contributed by atoms with Crippen LogP contribution in [-0.4, -0.2) is 14.5 Å². The minimum absolute atomic E-state index is 0.436. The molecule has 0 aliphatic rings. The molecule has 3 nitrogen and oxygen atoms in total. The molecule has 0 saturated heterocycles. The molecular weight excluding hydrogens is 445 g/mol. The molecule has 5 rings (SSSR count). The quantitative estimate of drug-likeness (QED) is 0.261. The van der Waals surface area contributed by atoms with Gasteiger partial charge in [-0.1, -0.05) is 76.9 Å². The van der Waals surface area contributed by atoms with E-state index < -0.39 is 0 Å². The van der Waals surface area contributed by atoms with Crippen LogP contribution in [0.5, 0.6) is 0 Å². The average Bonchev–Trinajstić information content (AvgIpc) is 3.08. The van der Waals surface area contributed by atoms with Gasteiger partial charge in [0.2, 0.25) is 5.95 Å². The van der Waals surface area contributed by atoms with Crippen molar-refractivity contribution in [3.05, 3.63) is 88.1 Å². The topological polar surface area (TPSA) is 30.7 Å². The van der Waals surface area contributed by atoms with Gasteiger partial charge >= 0.3 is 0 Å². The summed E-state index contributed by atoms with van der Waals surface area (Å²) in [7, 11) is 0. The summed E-state index contributed by atoms with van der Waals surface area (Å²) in [6.45, 7) is 0. The maximum Gasteiger partial charge on any atom is 0.234 e. The first-order valence-corrected chi connectivity index (χ1v) is 10.7. The molecule has 0 aliphatic heterocycles. The molecule has 0 bridgehead atoms. The predicted octanol–water partition coefficient (Wildman–Crippen LogP) is 7.69. The summed E-state index contributed by atoms with van der Waals surface area (Å²) in [4.78, 5) is 10.8. The van der Waals surface area contributed by atoms with E-state index in [9.17, 15) is 0 Å². The highest BCUT2D eigenvalue weighted by Gasteiger charge is 2.18. The van der Waals surface area contributed by atoms with Gasteiger partial charge in [-0.25, -0.2) is 9.97 Å². The van der Waals surface area contributed by atoms with Gasteiger partial charge in [0.05, 0.1) is 26.1 Å². The summed E-state index contributed by atoms with van der Waals surface area (Å²) in [6.07, 6.45) is 3.49. The van der Waals surface area contributed by atoms with Crippen LogP contribution in [0.2, 0.25) is 15.1 Å². The minimum Gasteiger partial charge on any atom is -0.277 e. The molecule has 0 aliphatic carbocycles. The van der Waals surface area contributed by atoms with Crippen LogP contribution in [0.3, 0.4) is 0 Å². The number of benzene rings is 3. The van der Waals surface area contributed by atoms with E-state index in [4.69, 9.17) is 34.8 Å². The third kappa shape index (κ3) is 3.26. The highest BCUT2D eigenvalue weighted by Crippen LogP contribution is 2.43. The number of hydrogen-bond acceptors (Lipinski definition) is 3. The Labute approximate surface area is 186 Å². The summed E-state index contributed by atoms with van der Waals surface area (Å²) in [5.41, 5.74) is 2.06. The van der Waals surface area contributed by atoms with Crippen molar-refractivity contribution >= 4 is 68.4 Å². The molecule has 3 aromatic carbocycles. The van der Waals surface area contributed by atoms with Crippen molar-refractivity contribution in [2.75, 3.05) is 0 Å². The number of nitrogens with zero attached hydrogens (tertiary/aromatic N) is 3. The van der Waals surface area contributed by atoms with Crippen LogP contribution in [0.1, 0.15) is 0 Å². The lowest BCUT2D eigenvalue weighted by Gasteiger charge is -2.11. The van der Waals surface area contributed by atoms with Crippen molar-refractivity contribution in [1.82, 2.24) is 14.5 Å².